The molecule has 1 aromatic heterocycles. The molecule has 5 heteroatoms. The van der Waals surface area contributed by atoms with Crippen LogP contribution >= 0.6 is 0 Å². The van der Waals surface area contributed by atoms with Crippen molar-refractivity contribution in [2.24, 2.45) is 0 Å². The molecule has 1 saturated carbocycles. The Balaban J connectivity index is 1.84. The summed E-state index contributed by atoms with van der Waals surface area (Å²) in [5, 5.41) is 4.65. The second kappa shape index (κ2) is 6.44. The molecule has 2 aromatic rings. The Morgan fingerprint density at radius 2 is 1.91 bits per heavy atom. The number of amides is 2. The largest absolute Gasteiger partial charge is 0.335 e. The van der Waals surface area contributed by atoms with Crippen molar-refractivity contribution in [3.05, 3.63) is 46.4 Å². The quantitative estimate of drug-likeness (QED) is 0.914. The van der Waals surface area contributed by atoms with E-state index in [0.717, 1.165) is 23.8 Å². The zero-order valence-corrected chi connectivity index (χ0v) is 13.6. The van der Waals surface area contributed by atoms with Gasteiger partial charge < -0.3 is 15.2 Å². The predicted molar refractivity (Wildman–Crippen MR) is 91.5 cm³/mol. The van der Waals surface area contributed by atoms with Crippen LogP contribution in [0.1, 0.15) is 44.2 Å². The Bertz CT molecular complexity index is 762. The van der Waals surface area contributed by atoms with Crippen LogP contribution in [-0.4, -0.2) is 29.0 Å². The number of urea groups is 1. The Kier molecular flexibility index (Phi) is 4.37. The highest BCUT2D eigenvalue weighted by Crippen LogP contribution is 2.25. The maximum atomic E-state index is 12.5. The number of H-pyrrole nitrogens is 1. The monoisotopic (exact) mass is 313 g/mol. The molecule has 3 rings (SSSR count). The third kappa shape index (κ3) is 3.09. The van der Waals surface area contributed by atoms with E-state index in [1.807, 2.05) is 31.2 Å². The Morgan fingerprint density at radius 1 is 1.26 bits per heavy atom. The van der Waals surface area contributed by atoms with E-state index in [0.29, 0.717) is 11.4 Å². The lowest BCUT2D eigenvalue weighted by Crippen LogP contribution is -2.43. The smallest absolute Gasteiger partial charge is 0.317 e. The van der Waals surface area contributed by atoms with Gasteiger partial charge in [-0.3, -0.25) is 4.79 Å². The highest BCUT2D eigenvalue weighted by molar-refractivity contribution is 5.85. The summed E-state index contributed by atoms with van der Waals surface area (Å²) >= 11 is 0. The second-order valence-electron chi connectivity index (χ2n) is 6.34. The summed E-state index contributed by atoms with van der Waals surface area (Å²) in [5.74, 6) is 0. The van der Waals surface area contributed by atoms with Crippen molar-refractivity contribution in [3.63, 3.8) is 0 Å². The molecule has 1 heterocycles. The number of aromatic amines is 1. The molecule has 0 unspecified atom stereocenters. The molecule has 1 fully saturated rings. The second-order valence-corrected chi connectivity index (χ2v) is 6.34. The molecular weight excluding hydrogens is 290 g/mol. The number of rotatable bonds is 3. The molecule has 2 N–H and O–H groups in total. The van der Waals surface area contributed by atoms with Crippen molar-refractivity contribution in [2.75, 3.05) is 7.05 Å². The minimum Gasteiger partial charge on any atom is -0.335 e. The van der Waals surface area contributed by atoms with Crippen molar-refractivity contribution in [1.29, 1.82) is 0 Å². The first-order valence-electron chi connectivity index (χ1n) is 8.21. The molecule has 0 aliphatic heterocycles. The molecule has 1 aliphatic carbocycles. The van der Waals surface area contributed by atoms with Crippen molar-refractivity contribution in [3.8, 4) is 0 Å². The van der Waals surface area contributed by atoms with Gasteiger partial charge in [0, 0.05) is 24.7 Å². The fourth-order valence-electron chi connectivity index (χ4n) is 3.31. The van der Waals surface area contributed by atoms with E-state index in [-0.39, 0.29) is 17.6 Å². The Morgan fingerprint density at radius 3 is 2.61 bits per heavy atom. The number of hydrogen-bond acceptors (Lipinski definition) is 2. The molecule has 23 heavy (non-hydrogen) atoms. The number of hydrogen-bond donors (Lipinski definition) is 2. The number of aromatic nitrogens is 1. The molecule has 122 valence electrons. The van der Waals surface area contributed by atoms with E-state index >= 15 is 0 Å². The van der Waals surface area contributed by atoms with Crippen LogP contribution in [0, 0.1) is 0 Å². The van der Waals surface area contributed by atoms with Crippen LogP contribution in [-0.2, 0) is 0 Å². The van der Waals surface area contributed by atoms with E-state index in [2.05, 4.69) is 10.3 Å². The van der Waals surface area contributed by atoms with Gasteiger partial charge in [0.25, 0.3) is 5.56 Å². The highest BCUT2D eigenvalue weighted by Gasteiger charge is 2.23. The van der Waals surface area contributed by atoms with E-state index in [4.69, 9.17) is 0 Å². The molecule has 0 saturated heterocycles. The van der Waals surface area contributed by atoms with Gasteiger partial charge in [0.2, 0.25) is 0 Å². The molecule has 1 atom stereocenters. The number of carbonyl (C=O) groups is 1. The van der Waals surface area contributed by atoms with Crippen molar-refractivity contribution in [2.45, 2.75) is 44.7 Å². The van der Waals surface area contributed by atoms with Gasteiger partial charge in [-0.1, -0.05) is 31.0 Å². The lowest BCUT2D eigenvalue weighted by Gasteiger charge is -2.27. The van der Waals surface area contributed by atoms with Gasteiger partial charge in [0.1, 0.15) is 0 Å². The molecule has 0 bridgehead atoms. The third-order valence-electron chi connectivity index (χ3n) is 4.88. The molecule has 0 spiro atoms. The van der Waals surface area contributed by atoms with Crippen LogP contribution < -0.4 is 10.9 Å². The summed E-state index contributed by atoms with van der Waals surface area (Å²) in [5.41, 5.74) is 0.846. The average Bonchev–Trinajstić information content (AvgIpc) is 3.07. The van der Waals surface area contributed by atoms with E-state index in [1.54, 1.807) is 18.1 Å². The van der Waals surface area contributed by atoms with Crippen LogP contribution in [0.3, 0.4) is 0 Å². The van der Waals surface area contributed by atoms with Gasteiger partial charge in [0.05, 0.1) is 6.04 Å². The van der Waals surface area contributed by atoms with Gasteiger partial charge in [-0.2, -0.15) is 0 Å². The molecular formula is C18H23N3O2. The SMILES string of the molecule is C[C@@H](c1c[nH]c(=O)c2ccccc12)N(C)C(=O)NC1CCCC1. The molecule has 0 radical (unpaired) electrons. The van der Waals surface area contributed by atoms with Crippen molar-refractivity contribution in [1.82, 2.24) is 15.2 Å². The number of nitrogens with zero attached hydrogens (tertiary/aromatic N) is 1. The first-order valence-corrected chi connectivity index (χ1v) is 8.21. The maximum absolute atomic E-state index is 12.5. The van der Waals surface area contributed by atoms with E-state index in [9.17, 15) is 9.59 Å². The van der Waals surface area contributed by atoms with Gasteiger partial charge in [0.15, 0.2) is 0 Å². The van der Waals surface area contributed by atoms with Gasteiger partial charge in [-0.05, 0) is 36.8 Å². The summed E-state index contributed by atoms with van der Waals surface area (Å²) in [6.07, 6.45) is 6.23. The van der Waals surface area contributed by atoms with Crippen LogP contribution in [0.2, 0.25) is 0 Å². The lowest BCUT2D eigenvalue weighted by atomic mass is 10.0. The van der Waals surface area contributed by atoms with E-state index in [1.165, 1.54) is 12.8 Å². The summed E-state index contributed by atoms with van der Waals surface area (Å²) in [4.78, 5) is 28.9. The molecule has 5 nitrogen and oxygen atoms in total. The fraction of sp³-hybridized carbons (Fsp3) is 0.444. The Labute approximate surface area is 135 Å². The highest BCUT2D eigenvalue weighted by atomic mass is 16.2. The standard InChI is InChI=1S/C18H23N3O2/c1-12(21(2)18(23)20-13-7-3-4-8-13)16-11-19-17(22)15-10-6-5-9-14(15)16/h5-6,9-13H,3-4,7-8H2,1-2H3,(H,19,22)(H,20,23)/t12-/m0/s1. The molecule has 1 aromatic carbocycles. The zero-order valence-electron chi connectivity index (χ0n) is 13.6. The number of nitrogens with one attached hydrogen (secondary N) is 2. The van der Waals surface area contributed by atoms with Gasteiger partial charge in [-0.15, -0.1) is 0 Å². The number of pyridine rings is 1. The molecule has 2 amide bonds. The first-order chi connectivity index (χ1) is 11.1. The van der Waals surface area contributed by atoms with E-state index < -0.39 is 0 Å². The van der Waals surface area contributed by atoms with Crippen LogP contribution in [0.15, 0.2) is 35.3 Å². The summed E-state index contributed by atoms with van der Waals surface area (Å²) in [7, 11) is 1.80. The third-order valence-corrected chi connectivity index (χ3v) is 4.88. The topological polar surface area (TPSA) is 65.2 Å². The zero-order chi connectivity index (χ0) is 16.4. The van der Waals surface area contributed by atoms with Crippen molar-refractivity contribution < 1.29 is 4.79 Å². The fourth-order valence-corrected chi connectivity index (χ4v) is 3.31. The lowest BCUT2D eigenvalue weighted by molar-refractivity contribution is 0.190. The minimum absolute atomic E-state index is 0.0559. The maximum Gasteiger partial charge on any atom is 0.317 e. The Hall–Kier alpha value is -2.30. The van der Waals surface area contributed by atoms with Gasteiger partial charge >= 0.3 is 6.03 Å². The number of carbonyl (C=O) groups excluding carboxylic acids is 1. The summed E-state index contributed by atoms with van der Waals surface area (Å²) < 4.78 is 0. The normalized spacial score (nSPS) is 16.4. The number of benzene rings is 1. The van der Waals surface area contributed by atoms with Crippen LogP contribution in [0.4, 0.5) is 4.79 Å². The summed E-state index contributed by atoms with van der Waals surface area (Å²) in [6.45, 7) is 1.98. The van der Waals surface area contributed by atoms with Crippen molar-refractivity contribution >= 4 is 16.8 Å². The minimum atomic E-state index is -0.127. The van der Waals surface area contributed by atoms with Crippen LogP contribution in [0.25, 0.3) is 10.8 Å². The van der Waals surface area contributed by atoms with Crippen LogP contribution in [0.5, 0.6) is 0 Å². The summed E-state index contributed by atoms with van der Waals surface area (Å²) in [6, 6.07) is 7.61. The predicted octanol–water partition coefficient (Wildman–Crippen LogP) is 3.17. The molecule has 1 aliphatic rings. The average molecular weight is 313 g/mol. The number of fused-ring (bicyclic) bond motifs is 1. The first kappa shape index (κ1) is 15.6. The van der Waals surface area contributed by atoms with Gasteiger partial charge in [-0.25, -0.2) is 4.79 Å².